The zero-order valence-electron chi connectivity index (χ0n) is 20.3. The number of fused-ring (bicyclic) bond motifs is 2. The highest BCUT2D eigenvalue weighted by Crippen LogP contribution is 2.34. The fourth-order valence-electron chi connectivity index (χ4n) is 4.19. The Morgan fingerprint density at radius 3 is 1.82 bits per heavy atom. The molecule has 0 saturated carbocycles. The first-order valence-electron chi connectivity index (χ1n) is 11.8. The zero-order chi connectivity index (χ0) is 26.9. The molecule has 6 aromatic rings. The third-order valence-electron chi connectivity index (χ3n) is 6.19. The van der Waals surface area contributed by atoms with Gasteiger partial charge in [-0.15, -0.1) is 0 Å². The van der Waals surface area contributed by atoms with Gasteiger partial charge in [0.25, 0.3) is 0 Å². The number of hydrogen-bond acceptors (Lipinski definition) is 8. The van der Waals surface area contributed by atoms with Gasteiger partial charge in [-0.3, -0.25) is 0 Å². The van der Waals surface area contributed by atoms with E-state index in [9.17, 15) is 15.5 Å². The van der Waals surface area contributed by atoms with Gasteiger partial charge in [0, 0.05) is 28.7 Å². The van der Waals surface area contributed by atoms with Crippen molar-refractivity contribution in [3.05, 3.63) is 101 Å². The van der Waals surface area contributed by atoms with Crippen LogP contribution in [0, 0.1) is 17.9 Å². The van der Waals surface area contributed by atoms with Crippen LogP contribution in [0.1, 0.15) is 16.7 Å². The number of phenolic OH excluding ortho intramolecular Hbond substituents is 2. The number of phenols is 2. The van der Waals surface area contributed by atoms with Gasteiger partial charge in [-0.2, -0.15) is 17.0 Å². The predicted octanol–water partition coefficient (Wildman–Crippen LogP) is 7.57. The fourth-order valence-corrected chi connectivity index (χ4v) is 5.20. The van der Waals surface area contributed by atoms with E-state index in [1.165, 1.54) is 0 Å². The van der Waals surface area contributed by atoms with Gasteiger partial charge < -0.3 is 19.0 Å². The summed E-state index contributed by atoms with van der Waals surface area (Å²) in [6.07, 6.45) is 0. The lowest BCUT2D eigenvalue weighted by Gasteiger charge is -2.06. The number of nitriles is 1. The molecule has 0 amide bonds. The Balaban J connectivity index is 1.24. The molecule has 188 valence electrons. The molecule has 39 heavy (non-hydrogen) atoms. The minimum atomic E-state index is 0.155. The molecule has 9 heteroatoms. The van der Waals surface area contributed by atoms with Gasteiger partial charge in [0.2, 0.25) is 11.8 Å². The van der Waals surface area contributed by atoms with Crippen molar-refractivity contribution in [2.45, 2.75) is 11.5 Å². The maximum atomic E-state index is 9.74. The molecule has 0 unspecified atom stereocenters. The lowest BCUT2D eigenvalue weighted by atomic mass is 10.1. The van der Waals surface area contributed by atoms with Gasteiger partial charge in [-0.05, 0) is 77.9 Å². The highest BCUT2D eigenvalue weighted by Gasteiger charge is 2.15. The lowest BCUT2D eigenvalue weighted by molar-refractivity contribution is 0.474. The van der Waals surface area contributed by atoms with Crippen molar-refractivity contribution in [1.82, 2.24) is 9.97 Å². The Labute approximate surface area is 226 Å². The van der Waals surface area contributed by atoms with Gasteiger partial charge in [0.1, 0.15) is 28.1 Å². The molecule has 0 bridgehead atoms. The van der Waals surface area contributed by atoms with Crippen LogP contribution in [0.5, 0.6) is 11.5 Å². The second-order valence-electron chi connectivity index (χ2n) is 8.77. The van der Waals surface area contributed by atoms with Gasteiger partial charge >= 0.3 is 0 Å². The van der Waals surface area contributed by atoms with Crippen molar-refractivity contribution >= 4 is 39.6 Å². The first-order valence-corrected chi connectivity index (χ1v) is 13.0. The highest BCUT2D eigenvalue weighted by molar-refractivity contribution is 7.97. The van der Waals surface area contributed by atoms with Crippen molar-refractivity contribution in [3.63, 3.8) is 0 Å². The number of hydrogen-bond donors (Lipinski definition) is 2. The average molecular weight is 531 g/mol. The first kappa shape index (κ1) is 24.1. The van der Waals surface area contributed by atoms with Crippen LogP contribution in [0.25, 0.3) is 50.0 Å². The molecule has 0 aliphatic carbocycles. The number of nitrogens with zero attached hydrogens (tertiary/aromatic N) is 4. The van der Waals surface area contributed by atoms with Gasteiger partial charge in [0.15, 0.2) is 11.3 Å². The molecular weight excluding hydrogens is 512 g/mol. The van der Waals surface area contributed by atoms with Crippen molar-refractivity contribution in [2.24, 2.45) is 0 Å². The molecule has 0 aliphatic heterocycles. The number of aromatic nitrogens is 2. The summed E-state index contributed by atoms with van der Waals surface area (Å²) in [5, 5.41) is 28.8. The van der Waals surface area contributed by atoms with E-state index in [4.69, 9.17) is 15.4 Å². The second kappa shape index (κ2) is 9.90. The first-order chi connectivity index (χ1) is 19.0. The fraction of sp³-hybridized carbons (Fsp3) is 0.0667. The van der Waals surface area contributed by atoms with E-state index in [1.807, 2.05) is 12.1 Å². The van der Waals surface area contributed by atoms with E-state index in [0.29, 0.717) is 56.7 Å². The SMILES string of the molecule is [C-]#[N+]c1cc2oc(-c3ccc(O)cc3)nc2cc1CSCc1cc2nc(-c3ccc(O)cc3)oc2cc1C#N. The summed E-state index contributed by atoms with van der Waals surface area (Å²) >= 11 is 1.58. The smallest absolute Gasteiger partial charge is 0.227 e. The number of thioether (sulfide) groups is 1. The number of oxazole rings is 2. The molecule has 0 atom stereocenters. The summed E-state index contributed by atoms with van der Waals surface area (Å²) in [6.45, 7) is 7.64. The summed E-state index contributed by atoms with van der Waals surface area (Å²) in [5.41, 5.74) is 6.39. The lowest BCUT2D eigenvalue weighted by Crippen LogP contribution is -1.90. The molecule has 0 spiro atoms. The van der Waals surface area contributed by atoms with Crippen molar-refractivity contribution in [2.75, 3.05) is 0 Å². The molecule has 8 nitrogen and oxygen atoms in total. The van der Waals surface area contributed by atoms with Crippen LogP contribution in [0.2, 0.25) is 0 Å². The maximum Gasteiger partial charge on any atom is 0.227 e. The third-order valence-corrected chi connectivity index (χ3v) is 7.22. The standard InChI is InChI=1S/C30H18N4O4S/c1-32-24-13-28-26(34-30(38-28)18-4-8-23(36)9-5-18)11-21(24)16-39-15-20-10-25-27(12-19(20)14-31)37-29(33-25)17-2-6-22(35)7-3-17/h2-13,35-36H,15-16H2. The molecule has 6 rings (SSSR count). The monoisotopic (exact) mass is 530 g/mol. The summed E-state index contributed by atoms with van der Waals surface area (Å²) in [4.78, 5) is 12.8. The molecule has 2 aromatic heterocycles. The normalized spacial score (nSPS) is 11.0. The van der Waals surface area contributed by atoms with E-state index >= 15 is 0 Å². The second-order valence-corrected chi connectivity index (χ2v) is 9.76. The topological polar surface area (TPSA) is 121 Å². The molecule has 2 heterocycles. The summed E-state index contributed by atoms with van der Waals surface area (Å²) in [5.74, 6) is 2.21. The predicted molar refractivity (Wildman–Crippen MR) is 148 cm³/mol. The van der Waals surface area contributed by atoms with Crippen LogP contribution >= 0.6 is 11.8 Å². The molecule has 2 N–H and O–H groups in total. The van der Waals surface area contributed by atoms with E-state index in [2.05, 4.69) is 20.9 Å². The van der Waals surface area contributed by atoms with Gasteiger partial charge in [-0.1, -0.05) is 0 Å². The van der Waals surface area contributed by atoms with Crippen molar-refractivity contribution < 1.29 is 19.0 Å². The summed E-state index contributed by atoms with van der Waals surface area (Å²) in [7, 11) is 0. The minimum Gasteiger partial charge on any atom is -0.508 e. The largest absolute Gasteiger partial charge is 0.508 e. The van der Waals surface area contributed by atoms with Crippen LogP contribution in [-0.4, -0.2) is 20.2 Å². The average Bonchev–Trinajstić information content (AvgIpc) is 3.56. The minimum absolute atomic E-state index is 0.155. The Hall–Kier alpha value is -5.25. The van der Waals surface area contributed by atoms with Crippen molar-refractivity contribution in [3.8, 4) is 40.5 Å². The molecule has 0 saturated heterocycles. The van der Waals surface area contributed by atoms with Gasteiger partial charge in [-0.25, -0.2) is 14.8 Å². The van der Waals surface area contributed by atoms with Gasteiger partial charge in [0.05, 0.1) is 18.2 Å². The van der Waals surface area contributed by atoms with Crippen LogP contribution in [0.4, 0.5) is 5.69 Å². The highest BCUT2D eigenvalue weighted by atomic mass is 32.2. The summed E-state index contributed by atoms with van der Waals surface area (Å²) in [6, 6.07) is 22.5. The Morgan fingerprint density at radius 1 is 0.769 bits per heavy atom. The Bertz CT molecular complexity index is 1790. The van der Waals surface area contributed by atoms with Crippen molar-refractivity contribution in [1.29, 1.82) is 5.26 Å². The molecular formula is C30H18N4O4S. The molecule has 4 aromatic carbocycles. The summed E-state index contributed by atoms with van der Waals surface area (Å²) < 4.78 is 11.7. The quantitative estimate of drug-likeness (QED) is 0.212. The van der Waals surface area contributed by atoms with Crippen LogP contribution < -0.4 is 0 Å². The molecule has 0 radical (unpaired) electrons. The van der Waals surface area contributed by atoms with Crippen LogP contribution in [0.15, 0.2) is 81.6 Å². The Morgan fingerprint density at radius 2 is 1.28 bits per heavy atom. The van der Waals surface area contributed by atoms with E-state index in [0.717, 1.165) is 22.3 Å². The van der Waals surface area contributed by atoms with Crippen LogP contribution in [-0.2, 0) is 11.5 Å². The zero-order valence-corrected chi connectivity index (χ0v) is 21.1. The number of rotatable bonds is 6. The molecule has 0 fully saturated rings. The van der Waals surface area contributed by atoms with E-state index < -0.39 is 0 Å². The van der Waals surface area contributed by atoms with E-state index in [1.54, 1.807) is 72.4 Å². The van der Waals surface area contributed by atoms with E-state index in [-0.39, 0.29) is 11.5 Å². The van der Waals surface area contributed by atoms with Crippen LogP contribution in [0.3, 0.4) is 0 Å². The third kappa shape index (κ3) is 4.75. The number of aromatic hydroxyl groups is 2. The maximum absolute atomic E-state index is 9.74. The number of benzene rings is 4. The molecule has 0 aliphatic rings. The Kier molecular flexibility index (Phi) is 6.12.